The van der Waals surface area contributed by atoms with E-state index < -0.39 is 0 Å². The summed E-state index contributed by atoms with van der Waals surface area (Å²) in [6.07, 6.45) is 4.24. The fraction of sp³-hybridized carbons (Fsp3) is 0.480. The second-order valence-electron chi connectivity index (χ2n) is 8.21. The minimum atomic E-state index is 0.207. The number of rotatable bonds is 7. The zero-order valence-corrected chi connectivity index (χ0v) is 17.7. The van der Waals surface area contributed by atoms with E-state index >= 15 is 0 Å². The van der Waals surface area contributed by atoms with E-state index in [1.54, 1.807) is 0 Å². The number of benzene rings is 2. The molecular formula is C25H34N2O. The molecule has 0 atom stereocenters. The largest absolute Gasteiger partial charge is 0.311 e. The van der Waals surface area contributed by atoms with Crippen LogP contribution >= 0.6 is 0 Å². The SMILES string of the molecule is CCC(=O)N(CCN1CCC(Cc2ccc(C)cc2)CC1)c1ccc(C)cc1. The lowest BCUT2D eigenvalue weighted by Crippen LogP contribution is -2.42. The molecule has 1 amide bonds. The minimum Gasteiger partial charge on any atom is -0.311 e. The molecule has 0 spiro atoms. The summed E-state index contributed by atoms with van der Waals surface area (Å²) in [5.74, 6) is 0.988. The molecule has 0 bridgehead atoms. The first-order chi connectivity index (χ1) is 13.5. The van der Waals surface area contributed by atoms with Crippen LogP contribution in [0.2, 0.25) is 0 Å². The summed E-state index contributed by atoms with van der Waals surface area (Å²) in [5.41, 5.74) is 5.04. The third kappa shape index (κ3) is 5.68. The van der Waals surface area contributed by atoms with Crippen molar-refractivity contribution in [2.75, 3.05) is 31.1 Å². The van der Waals surface area contributed by atoms with Crippen LogP contribution in [0.25, 0.3) is 0 Å². The van der Waals surface area contributed by atoms with Crippen molar-refractivity contribution in [3.8, 4) is 0 Å². The topological polar surface area (TPSA) is 23.6 Å². The number of piperidine rings is 1. The molecule has 150 valence electrons. The van der Waals surface area contributed by atoms with Crippen LogP contribution in [0.15, 0.2) is 48.5 Å². The van der Waals surface area contributed by atoms with E-state index in [4.69, 9.17) is 0 Å². The number of nitrogens with zero attached hydrogens (tertiary/aromatic N) is 2. The third-order valence-electron chi connectivity index (χ3n) is 5.94. The van der Waals surface area contributed by atoms with E-state index in [1.807, 2.05) is 11.8 Å². The number of hydrogen-bond acceptors (Lipinski definition) is 2. The molecule has 0 aliphatic carbocycles. The summed E-state index contributed by atoms with van der Waals surface area (Å²) >= 11 is 0. The lowest BCUT2D eigenvalue weighted by atomic mass is 9.90. The molecule has 0 unspecified atom stereocenters. The lowest BCUT2D eigenvalue weighted by Gasteiger charge is -2.33. The maximum atomic E-state index is 12.5. The average Bonchev–Trinajstić information content (AvgIpc) is 2.72. The van der Waals surface area contributed by atoms with Gasteiger partial charge in [0.25, 0.3) is 0 Å². The highest BCUT2D eigenvalue weighted by molar-refractivity contribution is 5.93. The van der Waals surface area contributed by atoms with Gasteiger partial charge in [0.1, 0.15) is 0 Å². The third-order valence-corrected chi connectivity index (χ3v) is 5.94. The van der Waals surface area contributed by atoms with Crippen LogP contribution < -0.4 is 4.90 Å². The molecule has 3 nitrogen and oxygen atoms in total. The molecule has 1 aliphatic rings. The molecule has 1 saturated heterocycles. The van der Waals surface area contributed by atoms with Crippen LogP contribution in [-0.2, 0) is 11.2 Å². The first-order valence-corrected chi connectivity index (χ1v) is 10.7. The zero-order valence-electron chi connectivity index (χ0n) is 17.7. The van der Waals surface area contributed by atoms with E-state index in [2.05, 4.69) is 67.3 Å². The molecule has 1 aliphatic heterocycles. The van der Waals surface area contributed by atoms with Crippen LogP contribution in [0, 0.1) is 19.8 Å². The van der Waals surface area contributed by atoms with Gasteiger partial charge in [-0.2, -0.15) is 0 Å². The fourth-order valence-electron chi connectivity index (χ4n) is 4.03. The number of anilines is 1. The second kappa shape index (κ2) is 9.88. The summed E-state index contributed by atoms with van der Waals surface area (Å²) in [7, 11) is 0. The average molecular weight is 379 g/mol. The van der Waals surface area contributed by atoms with Gasteiger partial charge in [0, 0.05) is 25.2 Å². The summed E-state index contributed by atoms with van der Waals surface area (Å²) in [6.45, 7) is 10.2. The Bertz CT molecular complexity index is 743. The highest BCUT2D eigenvalue weighted by atomic mass is 16.2. The summed E-state index contributed by atoms with van der Waals surface area (Å²) < 4.78 is 0. The molecule has 0 N–H and O–H groups in total. The Labute approximate surface area is 170 Å². The highest BCUT2D eigenvalue weighted by Crippen LogP contribution is 2.22. The first-order valence-electron chi connectivity index (χ1n) is 10.7. The number of carbonyl (C=O) groups is 1. The first kappa shape index (κ1) is 20.6. The van der Waals surface area contributed by atoms with Gasteiger partial charge in [-0.3, -0.25) is 4.79 Å². The van der Waals surface area contributed by atoms with Gasteiger partial charge in [0.05, 0.1) is 0 Å². The molecule has 1 heterocycles. The normalized spacial score (nSPS) is 15.5. The molecule has 3 rings (SSSR count). The Morgan fingerprint density at radius 2 is 1.54 bits per heavy atom. The van der Waals surface area contributed by atoms with Gasteiger partial charge in [0.15, 0.2) is 0 Å². The molecule has 0 saturated carbocycles. The van der Waals surface area contributed by atoms with Gasteiger partial charge in [-0.05, 0) is 69.8 Å². The van der Waals surface area contributed by atoms with Crippen LogP contribution in [0.4, 0.5) is 5.69 Å². The maximum absolute atomic E-state index is 12.5. The number of carbonyl (C=O) groups excluding carboxylic acids is 1. The standard InChI is InChI=1S/C25H34N2O/c1-4-25(28)27(24-11-7-21(3)8-12-24)18-17-26-15-13-23(14-16-26)19-22-9-5-20(2)6-10-22/h5-12,23H,4,13-19H2,1-3H3. The Balaban J connectivity index is 1.49. The van der Waals surface area contributed by atoms with Crippen molar-refractivity contribution < 1.29 is 4.79 Å². The molecule has 3 heteroatoms. The van der Waals surface area contributed by atoms with Gasteiger partial charge < -0.3 is 9.80 Å². The van der Waals surface area contributed by atoms with Crippen LogP contribution in [0.1, 0.15) is 42.9 Å². The van der Waals surface area contributed by atoms with Crippen LogP contribution in [0.3, 0.4) is 0 Å². The summed E-state index contributed by atoms with van der Waals surface area (Å²) in [4.78, 5) is 16.9. The molecule has 0 aromatic heterocycles. The molecular weight excluding hydrogens is 344 g/mol. The van der Waals surface area contributed by atoms with Gasteiger partial charge in [-0.15, -0.1) is 0 Å². The Morgan fingerprint density at radius 1 is 0.964 bits per heavy atom. The van der Waals surface area contributed by atoms with Gasteiger partial charge in [-0.25, -0.2) is 0 Å². The van der Waals surface area contributed by atoms with Crippen LogP contribution in [0.5, 0.6) is 0 Å². The summed E-state index contributed by atoms with van der Waals surface area (Å²) in [5, 5.41) is 0. The fourth-order valence-corrected chi connectivity index (χ4v) is 4.03. The smallest absolute Gasteiger partial charge is 0.226 e. The van der Waals surface area contributed by atoms with Crippen molar-refractivity contribution in [3.05, 3.63) is 65.2 Å². The van der Waals surface area contributed by atoms with Crippen LogP contribution in [-0.4, -0.2) is 37.0 Å². The van der Waals surface area contributed by atoms with E-state index in [0.29, 0.717) is 6.42 Å². The predicted octanol–water partition coefficient (Wildman–Crippen LogP) is 5.00. The molecule has 1 fully saturated rings. The van der Waals surface area contributed by atoms with E-state index in [1.165, 1.54) is 36.0 Å². The molecule has 0 radical (unpaired) electrons. The molecule has 2 aromatic carbocycles. The number of amides is 1. The Hall–Kier alpha value is -2.13. The molecule has 28 heavy (non-hydrogen) atoms. The van der Waals surface area contributed by atoms with Gasteiger partial charge in [0.2, 0.25) is 5.91 Å². The van der Waals surface area contributed by atoms with Crippen molar-refractivity contribution in [2.45, 2.75) is 46.5 Å². The Morgan fingerprint density at radius 3 is 2.11 bits per heavy atom. The van der Waals surface area contributed by atoms with Crippen molar-refractivity contribution >= 4 is 11.6 Å². The van der Waals surface area contributed by atoms with Crippen molar-refractivity contribution in [1.29, 1.82) is 0 Å². The molecule has 2 aromatic rings. The van der Waals surface area contributed by atoms with Gasteiger partial charge >= 0.3 is 0 Å². The Kier molecular flexibility index (Phi) is 7.27. The quantitative estimate of drug-likeness (QED) is 0.677. The monoisotopic (exact) mass is 378 g/mol. The zero-order chi connectivity index (χ0) is 19.9. The maximum Gasteiger partial charge on any atom is 0.226 e. The number of hydrogen-bond donors (Lipinski definition) is 0. The van der Waals surface area contributed by atoms with Crippen molar-refractivity contribution in [3.63, 3.8) is 0 Å². The number of likely N-dealkylation sites (tertiary alicyclic amines) is 1. The van der Waals surface area contributed by atoms with E-state index in [9.17, 15) is 4.79 Å². The minimum absolute atomic E-state index is 0.207. The highest BCUT2D eigenvalue weighted by Gasteiger charge is 2.21. The number of aryl methyl sites for hydroxylation is 2. The van der Waals surface area contributed by atoms with E-state index in [0.717, 1.165) is 37.8 Å². The lowest BCUT2D eigenvalue weighted by molar-refractivity contribution is -0.118. The van der Waals surface area contributed by atoms with Crippen molar-refractivity contribution in [1.82, 2.24) is 4.90 Å². The predicted molar refractivity (Wildman–Crippen MR) is 118 cm³/mol. The second-order valence-corrected chi connectivity index (χ2v) is 8.21. The van der Waals surface area contributed by atoms with Gasteiger partial charge in [-0.1, -0.05) is 54.4 Å². The summed E-state index contributed by atoms with van der Waals surface area (Å²) in [6, 6.07) is 17.3. The van der Waals surface area contributed by atoms with Crippen molar-refractivity contribution in [2.24, 2.45) is 5.92 Å². The van der Waals surface area contributed by atoms with E-state index in [-0.39, 0.29) is 5.91 Å².